The zero-order valence-electron chi connectivity index (χ0n) is 60.1. The predicted molar refractivity (Wildman–Crippen MR) is 386 cm³/mol. The van der Waals surface area contributed by atoms with Crippen LogP contribution in [-0.4, -0.2) is 137 Å². The molecule has 4 aromatic carbocycles. The number of alkyl halides is 1. The molecular weight excluding hydrogens is 1310 g/mol. The van der Waals surface area contributed by atoms with Crippen molar-refractivity contribution in [2.45, 2.75) is 191 Å². The van der Waals surface area contributed by atoms with Crippen molar-refractivity contribution in [1.82, 2.24) is 20.0 Å². The molecule has 14 rings (SSSR count). The molecule has 12 atom stereocenters. The van der Waals surface area contributed by atoms with E-state index >= 15 is 0 Å². The molecule has 4 aromatic rings. The standard InChI is InChI=1S/C21H29NO3.2C20H22N2O2.C18H23NO3.C3H7Br/c1-15(2)22-12-9-18-16(3)21(24-13-14-25-21)11-10-20(18,19(22)23)17-7-5-4-6-8-17;2*1-13(2)22-11-10-16-14(3)18(23)17(21-4)12-20(16,19(22)24)15-8-6-5-7-9-15;1-13-15-7-10-19-16(20)17(15,14-5-3-2-4-6-14)8-9-18(13)21-11-12-22-18;1-3(2)4/h4-8,15-16,18H,9-14H2,1-3H3;2*5-9,12-14,16H,10-11H2,1-3H3;2-6,13,15H,7-12H2,1H3,(H,19,20);3H,1-2H3/t16-,18-,20+;2*14-,16-,20+;13-,15-,17+;/m0100./s1. The van der Waals surface area contributed by atoms with E-state index in [2.05, 4.69) is 114 Å². The Bertz CT molecular complexity index is 3570. The van der Waals surface area contributed by atoms with E-state index in [1.165, 1.54) is 0 Å². The minimum atomic E-state index is -0.906. The van der Waals surface area contributed by atoms with E-state index in [9.17, 15) is 28.8 Å². The highest BCUT2D eigenvalue weighted by Gasteiger charge is 2.65. The van der Waals surface area contributed by atoms with Crippen LogP contribution in [0.3, 0.4) is 0 Å². The van der Waals surface area contributed by atoms with Gasteiger partial charge in [0.25, 0.3) is 0 Å². The van der Waals surface area contributed by atoms with Crippen molar-refractivity contribution in [1.29, 1.82) is 0 Å². The molecule has 99 heavy (non-hydrogen) atoms. The number of hydrogen-bond donors (Lipinski definition) is 1. The first-order valence-corrected chi connectivity index (χ1v) is 37.1. The maximum atomic E-state index is 13.7. The first kappa shape index (κ1) is 74.6. The number of fused-ring (bicyclic) bond motifs is 4. The lowest BCUT2D eigenvalue weighted by atomic mass is 9.54. The molecule has 17 heteroatoms. The second-order valence-corrected chi connectivity index (χ2v) is 31.8. The Kier molecular flexibility index (Phi) is 23.1. The van der Waals surface area contributed by atoms with E-state index in [1.807, 2.05) is 136 Å². The molecule has 528 valence electrons. The number of likely N-dealkylation sites (tertiary alicyclic amines) is 3. The molecule has 2 saturated carbocycles. The Hall–Kier alpha value is -7.12. The second-order valence-electron chi connectivity index (χ2n) is 30.0. The number of Topliss-reactive ketones (excluding diaryl/α,β-unsaturated/α-hetero) is 2. The van der Waals surface area contributed by atoms with Gasteiger partial charge >= 0.3 is 0 Å². The summed E-state index contributed by atoms with van der Waals surface area (Å²) in [4.78, 5) is 92.0. The maximum Gasteiger partial charge on any atom is 0.236 e. The van der Waals surface area contributed by atoms with Crippen molar-refractivity contribution < 1.29 is 47.7 Å². The molecule has 16 nitrogen and oxygen atoms in total. The zero-order chi connectivity index (χ0) is 71.4. The van der Waals surface area contributed by atoms with Gasteiger partial charge in [-0.15, -0.1) is 0 Å². The summed E-state index contributed by atoms with van der Waals surface area (Å²) in [6.07, 6.45) is 10.0. The molecule has 1 N–H and O–H groups in total. The van der Waals surface area contributed by atoms with Crippen LogP contribution in [0.25, 0.3) is 9.69 Å². The van der Waals surface area contributed by atoms with Gasteiger partial charge in [0.15, 0.2) is 23.1 Å². The topological polar surface area (TPSA) is 170 Å². The largest absolute Gasteiger partial charge is 0.355 e. The van der Waals surface area contributed by atoms with Gasteiger partial charge in [0, 0.05) is 85.6 Å². The van der Waals surface area contributed by atoms with Crippen molar-refractivity contribution in [2.24, 2.45) is 47.3 Å². The van der Waals surface area contributed by atoms with E-state index in [1.54, 1.807) is 12.2 Å². The summed E-state index contributed by atoms with van der Waals surface area (Å²) in [5, 5.41) is 3.10. The number of hydrogen-bond acceptors (Lipinski definition) is 10. The molecule has 0 aromatic heterocycles. The molecule has 0 bridgehead atoms. The number of ketones is 2. The van der Waals surface area contributed by atoms with Crippen molar-refractivity contribution in [3.8, 4) is 0 Å². The molecular formula is C82H103BrN6O10. The van der Waals surface area contributed by atoms with E-state index in [0.717, 1.165) is 86.7 Å². The van der Waals surface area contributed by atoms with Gasteiger partial charge in [-0.25, -0.2) is 9.69 Å². The summed E-state index contributed by atoms with van der Waals surface area (Å²) in [5.74, 6) is -0.614. The fraction of sp³-hybridized carbons (Fsp3) is 0.561. The predicted octanol–water partition coefficient (Wildman–Crippen LogP) is 13.8. The Labute approximate surface area is 596 Å². The van der Waals surface area contributed by atoms with Crippen LogP contribution in [0.4, 0.5) is 0 Å². The molecule has 6 heterocycles. The van der Waals surface area contributed by atoms with E-state index in [0.29, 0.717) is 50.3 Å². The van der Waals surface area contributed by atoms with Gasteiger partial charge in [-0.05, 0) is 126 Å². The summed E-state index contributed by atoms with van der Waals surface area (Å²) < 4.78 is 24.2. The monoisotopic (exact) mass is 1410 g/mol. The van der Waals surface area contributed by atoms with Gasteiger partial charge in [-0.3, -0.25) is 19.2 Å². The summed E-state index contributed by atoms with van der Waals surface area (Å²) in [6, 6.07) is 40.3. The van der Waals surface area contributed by atoms with E-state index < -0.39 is 33.2 Å². The fourth-order valence-corrected chi connectivity index (χ4v) is 18.9. The third-order valence-corrected chi connectivity index (χ3v) is 23.8. The average Bonchev–Trinajstić information content (AvgIpc) is 1.52. The third kappa shape index (κ3) is 13.4. The summed E-state index contributed by atoms with van der Waals surface area (Å²) in [5.41, 5.74) is 1.57. The number of allylic oxidation sites excluding steroid dienone is 2. The van der Waals surface area contributed by atoms with Crippen LogP contribution in [0.1, 0.15) is 157 Å². The lowest BCUT2D eigenvalue weighted by Crippen LogP contribution is -2.65. The smallest absolute Gasteiger partial charge is 0.236 e. The van der Waals surface area contributed by atoms with Gasteiger partial charge < -0.3 is 48.6 Å². The third-order valence-electron chi connectivity index (χ3n) is 23.8. The number of amides is 4. The number of carbonyl (C=O) groups excluding carboxylic acids is 6. The number of rotatable bonds is 7. The highest BCUT2D eigenvalue weighted by atomic mass is 79.9. The second kappa shape index (κ2) is 30.6. The van der Waals surface area contributed by atoms with Crippen LogP contribution in [0, 0.1) is 60.5 Å². The lowest BCUT2D eigenvalue weighted by Gasteiger charge is -2.57. The maximum absolute atomic E-state index is 13.7. The Morgan fingerprint density at radius 1 is 0.444 bits per heavy atom. The summed E-state index contributed by atoms with van der Waals surface area (Å²) in [6.45, 7) is 44.9. The van der Waals surface area contributed by atoms with Gasteiger partial charge in [0.1, 0.15) is 0 Å². The number of nitrogens with zero attached hydrogens (tertiary/aromatic N) is 5. The minimum Gasteiger partial charge on any atom is -0.355 e. The van der Waals surface area contributed by atoms with Crippen LogP contribution in [0.15, 0.2) is 145 Å². The van der Waals surface area contributed by atoms with E-state index in [4.69, 9.17) is 32.1 Å². The van der Waals surface area contributed by atoms with Crippen LogP contribution < -0.4 is 5.32 Å². The highest BCUT2D eigenvalue weighted by molar-refractivity contribution is 9.09. The summed E-state index contributed by atoms with van der Waals surface area (Å²) in [7, 11) is 0. The van der Waals surface area contributed by atoms with Crippen molar-refractivity contribution in [3.05, 3.63) is 190 Å². The van der Waals surface area contributed by atoms with Crippen LogP contribution in [0.2, 0.25) is 0 Å². The molecule has 8 fully saturated rings. The normalized spacial score (nSPS) is 31.8. The lowest BCUT2D eigenvalue weighted by molar-refractivity contribution is -0.239. The number of ether oxygens (including phenoxy) is 4. The number of nitrogens with one attached hydrogen (secondary N) is 1. The molecule has 4 aliphatic carbocycles. The fourth-order valence-electron chi connectivity index (χ4n) is 18.9. The van der Waals surface area contributed by atoms with Crippen LogP contribution in [0.5, 0.6) is 0 Å². The van der Waals surface area contributed by atoms with E-state index in [-0.39, 0.29) is 106 Å². The van der Waals surface area contributed by atoms with Gasteiger partial charge in [-0.1, -0.05) is 191 Å². The van der Waals surface area contributed by atoms with Gasteiger partial charge in [0.2, 0.25) is 35.0 Å². The number of benzene rings is 4. The number of piperidine rings is 4. The average molecular weight is 1410 g/mol. The number of halogens is 1. The minimum absolute atomic E-state index is 0.0143. The number of carbonyl (C=O) groups is 6. The first-order valence-electron chi connectivity index (χ1n) is 36.2. The van der Waals surface area contributed by atoms with Crippen LogP contribution >= 0.6 is 15.9 Å². The molecule has 6 aliphatic heterocycles. The van der Waals surface area contributed by atoms with Gasteiger partial charge in [-0.2, -0.15) is 0 Å². The Morgan fingerprint density at radius 3 is 1.11 bits per heavy atom. The Morgan fingerprint density at radius 2 is 0.758 bits per heavy atom. The van der Waals surface area contributed by atoms with Crippen molar-refractivity contribution >= 4 is 51.1 Å². The highest BCUT2D eigenvalue weighted by Crippen LogP contribution is 2.59. The first-order chi connectivity index (χ1) is 47.3. The molecule has 0 radical (unpaired) electrons. The molecule has 4 amide bonds. The zero-order valence-corrected chi connectivity index (χ0v) is 61.7. The molecule has 0 unspecified atom stereocenters. The van der Waals surface area contributed by atoms with Crippen LogP contribution in [-0.2, 0) is 69.4 Å². The molecule has 2 spiro atoms. The molecule has 10 aliphatic rings. The van der Waals surface area contributed by atoms with Gasteiger partial charge in [0.05, 0.1) is 61.2 Å². The molecule has 6 saturated heterocycles. The summed E-state index contributed by atoms with van der Waals surface area (Å²) >= 11 is 3.27. The van der Waals surface area contributed by atoms with Crippen molar-refractivity contribution in [2.75, 3.05) is 52.6 Å². The quantitative estimate of drug-likeness (QED) is 0.139. The SMILES string of the molecule is CC(C)Br.CC(C)N1CC[C@H]2[C@H](C)C3(CC[C@]2(c2ccccc2)C1=O)OCCO3.C[C@H]1[C@@H]2CCNC(=O)[C@@]2(c2ccccc2)CCC12OCCO2.[C-]#[N+]C1=C[C@@]2(c3ccccc3)C(=O)N(C(C)C)CC[C@@H]2[C@@H](C)C1=O.[C-]#[N+]C1=C[C@]2(c3ccccc3)C(=O)N(C(C)C)CC[C@H]2[C@H](C)C1=O. The van der Waals surface area contributed by atoms with Crippen molar-refractivity contribution in [3.63, 3.8) is 0 Å². The Balaban J connectivity index is 0.000000140.